The number of aromatic nitrogens is 2. The molecule has 0 fully saturated rings. The minimum absolute atomic E-state index is 0.133. The highest BCUT2D eigenvalue weighted by Gasteiger charge is 2.35. The number of hydrogen-bond donors (Lipinski definition) is 3. The second-order valence-electron chi connectivity index (χ2n) is 9.74. The van der Waals surface area contributed by atoms with Crippen molar-refractivity contribution in [3.63, 3.8) is 0 Å². The number of benzene rings is 1. The van der Waals surface area contributed by atoms with E-state index in [1.807, 2.05) is 32.9 Å². The van der Waals surface area contributed by atoms with Crippen molar-refractivity contribution in [3.8, 4) is 11.1 Å². The second-order valence-corrected chi connectivity index (χ2v) is 11.1. The van der Waals surface area contributed by atoms with Crippen LogP contribution in [0.1, 0.15) is 56.3 Å². The highest BCUT2D eigenvalue weighted by molar-refractivity contribution is 7.80. The molecule has 0 aliphatic rings. The van der Waals surface area contributed by atoms with Crippen LogP contribution in [-0.2, 0) is 27.3 Å². The Bertz CT molecular complexity index is 1280. The van der Waals surface area contributed by atoms with Gasteiger partial charge in [0, 0.05) is 38.9 Å². The third-order valence-electron chi connectivity index (χ3n) is 5.75. The average molecular weight is 519 g/mol. The summed E-state index contributed by atoms with van der Waals surface area (Å²) in [6, 6.07) is 7.14. The Hall–Kier alpha value is -2.55. The molecule has 35 heavy (non-hydrogen) atoms. The molecule has 188 valence electrons. The number of thiol groups is 1. The van der Waals surface area contributed by atoms with Gasteiger partial charge in [-0.1, -0.05) is 30.7 Å². The van der Waals surface area contributed by atoms with Crippen LogP contribution in [0.15, 0.2) is 24.3 Å². The molecule has 1 aromatic carbocycles. The van der Waals surface area contributed by atoms with E-state index >= 15 is 0 Å². The van der Waals surface area contributed by atoms with E-state index in [0.717, 1.165) is 16.8 Å². The molecule has 7 nitrogen and oxygen atoms in total. The quantitative estimate of drug-likeness (QED) is 0.323. The van der Waals surface area contributed by atoms with E-state index in [-0.39, 0.29) is 11.8 Å². The van der Waals surface area contributed by atoms with Gasteiger partial charge < -0.3 is 19.5 Å². The summed E-state index contributed by atoms with van der Waals surface area (Å²) in [5.74, 6) is -2.13. The average Bonchev–Trinajstić information content (AvgIpc) is 2.95. The van der Waals surface area contributed by atoms with Crippen molar-refractivity contribution >= 4 is 47.2 Å². The van der Waals surface area contributed by atoms with E-state index in [0.29, 0.717) is 39.3 Å². The molecule has 0 amide bonds. The SMILES string of the molecule is Cc1c(C)n(CC(=O)O)c2nc(C[C@@H](C)S)c([C@H](OC(C)(C)C)C(=O)O)c(-c3ccc(Cl)cc3)c12. The molecule has 0 spiro atoms. The number of ether oxygens (including phenoxy) is 1. The summed E-state index contributed by atoms with van der Waals surface area (Å²) in [6.45, 7) is 10.8. The third-order valence-corrected chi connectivity index (χ3v) is 6.18. The number of carboxylic acids is 2. The number of halogens is 1. The molecule has 0 aliphatic carbocycles. The van der Waals surface area contributed by atoms with Crippen LogP contribution in [0, 0.1) is 13.8 Å². The molecule has 9 heteroatoms. The van der Waals surface area contributed by atoms with Gasteiger partial charge in [0.25, 0.3) is 0 Å². The van der Waals surface area contributed by atoms with E-state index in [1.54, 1.807) is 37.5 Å². The molecule has 2 atom stereocenters. The Morgan fingerprint density at radius 2 is 1.77 bits per heavy atom. The molecule has 3 rings (SSSR count). The highest BCUT2D eigenvalue weighted by atomic mass is 35.5. The van der Waals surface area contributed by atoms with Crippen molar-refractivity contribution in [2.24, 2.45) is 0 Å². The lowest BCUT2D eigenvalue weighted by Crippen LogP contribution is -2.29. The summed E-state index contributed by atoms with van der Waals surface area (Å²) in [7, 11) is 0. The Morgan fingerprint density at radius 3 is 2.26 bits per heavy atom. The molecule has 0 saturated heterocycles. The van der Waals surface area contributed by atoms with Crippen molar-refractivity contribution in [2.45, 2.75) is 71.5 Å². The van der Waals surface area contributed by atoms with Crippen molar-refractivity contribution < 1.29 is 24.5 Å². The number of fused-ring (bicyclic) bond motifs is 1. The van der Waals surface area contributed by atoms with Crippen LogP contribution in [0.4, 0.5) is 0 Å². The Balaban J connectivity index is 2.57. The molecule has 2 aromatic heterocycles. The third kappa shape index (κ3) is 5.82. The van der Waals surface area contributed by atoms with Gasteiger partial charge in [0.1, 0.15) is 12.2 Å². The summed E-state index contributed by atoms with van der Waals surface area (Å²) in [5, 5.41) is 21.0. The predicted octanol–water partition coefficient (Wildman–Crippen LogP) is 5.86. The molecule has 0 radical (unpaired) electrons. The van der Waals surface area contributed by atoms with Crippen LogP contribution in [0.5, 0.6) is 0 Å². The van der Waals surface area contributed by atoms with Gasteiger partial charge in [-0.05, 0) is 57.9 Å². The number of hydrogen-bond acceptors (Lipinski definition) is 5. The van der Waals surface area contributed by atoms with E-state index in [2.05, 4.69) is 12.6 Å². The molecule has 3 aromatic rings. The zero-order valence-electron chi connectivity index (χ0n) is 20.7. The summed E-state index contributed by atoms with van der Waals surface area (Å²) in [4.78, 5) is 29.2. The molecular weight excluding hydrogens is 488 g/mol. The lowest BCUT2D eigenvalue weighted by Gasteiger charge is -2.29. The van der Waals surface area contributed by atoms with Crippen LogP contribution >= 0.6 is 24.2 Å². The Kier molecular flexibility index (Phi) is 7.89. The molecule has 2 N–H and O–H groups in total. The zero-order chi connectivity index (χ0) is 26.2. The van der Waals surface area contributed by atoms with E-state index in [9.17, 15) is 19.8 Å². The van der Waals surface area contributed by atoms with Crippen LogP contribution in [0.25, 0.3) is 22.2 Å². The minimum atomic E-state index is -1.30. The van der Waals surface area contributed by atoms with Gasteiger partial charge in [-0.2, -0.15) is 12.6 Å². The fraction of sp³-hybridized carbons (Fsp3) is 0.423. The summed E-state index contributed by atoms with van der Waals surface area (Å²) in [5.41, 5.74) is 3.64. The van der Waals surface area contributed by atoms with Gasteiger partial charge >= 0.3 is 11.9 Å². The molecule has 2 heterocycles. The van der Waals surface area contributed by atoms with Crippen molar-refractivity contribution in [3.05, 3.63) is 51.8 Å². The van der Waals surface area contributed by atoms with Crippen molar-refractivity contribution in [1.29, 1.82) is 0 Å². The van der Waals surface area contributed by atoms with Crippen molar-refractivity contribution in [2.75, 3.05) is 0 Å². The first-order valence-electron chi connectivity index (χ1n) is 11.3. The molecule has 0 unspecified atom stereocenters. The first-order valence-corrected chi connectivity index (χ1v) is 12.2. The van der Waals surface area contributed by atoms with Gasteiger partial charge in [-0.25, -0.2) is 9.78 Å². The molecular formula is C26H31ClN2O5S. The number of rotatable bonds is 8. The summed E-state index contributed by atoms with van der Waals surface area (Å²) in [6.07, 6.45) is -0.940. The Labute approximate surface area is 215 Å². The molecule has 0 saturated carbocycles. The van der Waals surface area contributed by atoms with Crippen molar-refractivity contribution in [1.82, 2.24) is 9.55 Å². The summed E-state index contributed by atoms with van der Waals surface area (Å²) < 4.78 is 7.75. The summed E-state index contributed by atoms with van der Waals surface area (Å²) >= 11 is 10.7. The van der Waals surface area contributed by atoms with Gasteiger partial charge in [-0.3, -0.25) is 4.79 Å². The number of nitrogens with zero attached hydrogens (tertiary/aromatic N) is 2. The van der Waals surface area contributed by atoms with Crippen LogP contribution in [-0.4, -0.2) is 42.6 Å². The fourth-order valence-corrected chi connectivity index (χ4v) is 4.58. The fourth-order valence-electron chi connectivity index (χ4n) is 4.28. The first-order chi connectivity index (χ1) is 16.2. The number of aliphatic carboxylic acids is 2. The lowest BCUT2D eigenvalue weighted by molar-refractivity contribution is -0.160. The van der Waals surface area contributed by atoms with Gasteiger partial charge in [0.05, 0.1) is 11.3 Å². The van der Waals surface area contributed by atoms with Gasteiger partial charge in [0.15, 0.2) is 6.10 Å². The highest BCUT2D eigenvalue weighted by Crippen LogP contribution is 2.43. The maximum Gasteiger partial charge on any atom is 0.337 e. The minimum Gasteiger partial charge on any atom is -0.480 e. The number of carboxylic acid groups (broad SMARTS) is 2. The smallest absolute Gasteiger partial charge is 0.337 e. The molecule has 0 aliphatic heterocycles. The van der Waals surface area contributed by atoms with Crippen LogP contribution in [0.2, 0.25) is 5.02 Å². The standard InChI is InChI=1S/C26H31ClN2O5S/c1-13(35)11-18-22(23(25(32)33)34-26(4,5)6)21(16-7-9-17(27)10-8-16)20-14(2)15(3)29(12-19(30)31)24(20)28-18/h7-10,13,23,35H,11-12H2,1-6H3,(H,30,31)(H,32,33)/t13-,23+/m1/s1. The maximum absolute atomic E-state index is 12.6. The van der Waals surface area contributed by atoms with Crippen LogP contribution in [0.3, 0.4) is 0 Å². The normalized spacial score (nSPS) is 13.7. The van der Waals surface area contributed by atoms with Gasteiger partial charge in [0.2, 0.25) is 0 Å². The predicted molar refractivity (Wildman–Crippen MR) is 141 cm³/mol. The van der Waals surface area contributed by atoms with E-state index in [4.69, 9.17) is 21.3 Å². The largest absolute Gasteiger partial charge is 0.480 e. The monoisotopic (exact) mass is 518 g/mol. The van der Waals surface area contributed by atoms with Gasteiger partial charge in [-0.15, -0.1) is 0 Å². The zero-order valence-corrected chi connectivity index (χ0v) is 22.4. The number of aryl methyl sites for hydroxylation is 1. The first kappa shape index (κ1) is 27.0. The second kappa shape index (κ2) is 10.2. The topological polar surface area (TPSA) is 102 Å². The number of carbonyl (C=O) groups is 2. The van der Waals surface area contributed by atoms with E-state index < -0.39 is 23.6 Å². The van der Waals surface area contributed by atoms with E-state index in [1.165, 1.54) is 0 Å². The number of pyridine rings is 1. The maximum atomic E-state index is 12.6. The van der Waals surface area contributed by atoms with Crippen LogP contribution < -0.4 is 0 Å². The Morgan fingerprint density at radius 1 is 1.17 bits per heavy atom. The lowest BCUT2D eigenvalue weighted by atomic mass is 9.89. The molecule has 0 bridgehead atoms.